The van der Waals surface area contributed by atoms with Crippen LogP contribution in [0.25, 0.3) is 0 Å². The van der Waals surface area contributed by atoms with Crippen LogP contribution in [0.1, 0.15) is 46.0 Å². The zero-order valence-electron chi connectivity index (χ0n) is 15.3. The van der Waals surface area contributed by atoms with E-state index in [0.29, 0.717) is 41.5 Å². The van der Waals surface area contributed by atoms with Crippen LogP contribution in [0.4, 0.5) is 26.3 Å². The van der Waals surface area contributed by atoms with Crippen LogP contribution in [0.2, 0.25) is 0 Å². The third kappa shape index (κ3) is 5.24. The van der Waals surface area contributed by atoms with E-state index in [9.17, 15) is 36.2 Å². The Morgan fingerprint density at radius 3 is 1.97 bits per heavy atom. The fourth-order valence-electron chi connectivity index (χ4n) is 3.50. The highest BCUT2D eigenvalue weighted by Crippen LogP contribution is 2.38. The summed E-state index contributed by atoms with van der Waals surface area (Å²) in [5.74, 6) is -0.583. The van der Waals surface area contributed by atoms with Crippen molar-refractivity contribution in [3.63, 3.8) is 0 Å². The van der Waals surface area contributed by atoms with Gasteiger partial charge >= 0.3 is 12.7 Å². The summed E-state index contributed by atoms with van der Waals surface area (Å²) in [6, 6.07) is 8.48. The third-order valence-electron chi connectivity index (χ3n) is 4.68. The zero-order valence-corrected chi connectivity index (χ0v) is 15.3. The van der Waals surface area contributed by atoms with Gasteiger partial charge in [-0.2, -0.15) is 0 Å². The number of hydrogen-bond donors (Lipinski definition) is 1. The molecule has 0 saturated carbocycles. The van der Waals surface area contributed by atoms with Crippen LogP contribution in [-0.2, 0) is 12.8 Å². The Balaban J connectivity index is 0.000000171. The zero-order chi connectivity index (χ0) is 22.1. The second-order valence-corrected chi connectivity index (χ2v) is 6.68. The van der Waals surface area contributed by atoms with Gasteiger partial charge in [0.05, 0.1) is 6.10 Å². The molecule has 10 heteroatoms. The molecule has 4 nitrogen and oxygen atoms in total. The predicted molar refractivity (Wildman–Crippen MR) is 92.2 cm³/mol. The molecule has 2 aromatic rings. The lowest BCUT2D eigenvalue weighted by molar-refractivity contribution is -0.275. The first-order valence-electron chi connectivity index (χ1n) is 8.91. The van der Waals surface area contributed by atoms with Gasteiger partial charge in [0, 0.05) is 23.1 Å². The molecule has 0 bridgehead atoms. The summed E-state index contributed by atoms with van der Waals surface area (Å²) in [5, 5.41) is 9.47. The van der Waals surface area contributed by atoms with Crippen molar-refractivity contribution in [2.45, 2.75) is 44.5 Å². The fraction of sp³-hybridized carbons (Fsp3) is 0.350. The van der Waals surface area contributed by atoms with Gasteiger partial charge in [-0.25, -0.2) is 0 Å². The van der Waals surface area contributed by atoms with Crippen LogP contribution < -0.4 is 9.47 Å². The van der Waals surface area contributed by atoms with E-state index in [1.807, 2.05) is 0 Å². The number of ketones is 1. The molecule has 0 aliphatic heterocycles. The van der Waals surface area contributed by atoms with Gasteiger partial charge in [0.15, 0.2) is 5.78 Å². The summed E-state index contributed by atoms with van der Waals surface area (Å²) >= 11 is 0. The van der Waals surface area contributed by atoms with Gasteiger partial charge in [-0.3, -0.25) is 4.79 Å². The van der Waals surface area contributed by atoms with Crippen molar-refractivity contribution >= 4 is 5.78 Å². The Morgan fingerprint density at radius 2 is 1.37 bits per heavy atom. The molecule has 1 N–H and O–H groups in total. The Bertz CT molecular complexity index is 936. The maximum Gasteiger partial charge on any atom is 0.573 e. The Hall–Kier alpha value is -2.75. The van der Waals surface area contributed by atoms with Crippen LogP contribution in [0.5, 0.6) is 11.5 Å². The Kier molecular flexibility index (Phi) is 5.98. The first-order chi connectivity index (χ1) is 13.9. The van der Waals surface area contributed by atoms with Crippen molar-refractivity contribution in [1.82, 2.24) is 0 Å². The minimum Gasteiger partial charge on any atom is -0.405 e. The largest absolute Gasteiger partial charge is 0.573 e. The fourth-order valence-corrected chi connectivity index (χ4v) is 3.50. The van der Waals surface area contributed by atoms with Crippen molar-refractivity contribution in [2.24, 2.45) is 0 Å². The number of fused-ring (bicyclic) bond motifs is 2. The monoisotopic (exact) mass is 434 g/mol. The summed E-state index contributed by atoms with van der Waals surface area (Å²) in [7, 11) is 0. The van der Waals surface area contributed by atoms with E-state index in [-0.39, 0.29) is 23.7 Å². The summed E-state index contributed by atoms with van der Waals surface area (Å²) < 4.78 is 79.8. The Labute approximate surface area is 167 Å². The predicted octanol–water partition coefficient (Wildman–Crippen LogP) is 5.28. The van der Waals surface area contributed by atoms with Crippen LogP contribution in [0.15, 0.2) is 36.4 Å². The molecule has 0 radical (unpaired) electrons. The average molecular weight is 434 g/mol. The van der Waals surface area contributed by atoms with E-state index in [4.69, 9.17) is 0 Å². The lowest BCUT2D eigenvalue weighted by Gasteiger charge is -2.12. The van der Waals surface area contributed by atoms with E-state index >= 15 is 0 Å². The topological polar surface area (TPSA) is 55.8 Å². The van der Waals surface area contributed by atoms with E-state index in [1.165, 1.54) is 30.3 Å². The van der Waals surface area contributed by atoms with Crippen LogP contribution in [0, 0.1) is 0 Å². The summed E-state index contributed by atoms with van der Waals surface area (Å²) in [5.41, 5.74) is 1.70. The molecule has 0 unspecified atom stereocenters. The number of aliphatic hydroxyl groups excluding tert-OH is 1. The van der Waals surface area contributed by atoms with Crippen LogP contribution >= 0.6 is 0 Å². The van der Waals surface area contributed by atoms with Crippen molar-refractivity contribution in [1.29, 1.82) is 0 Å². The number of alkyl halides is 6. The standard InChI is InChI=1S/C10H9F3O2.C10H7F3O2/c2*11-10(12,13)15-9-3-1-2-6-7(9)4-5-8(6)14/h1-3,8,14H,4-5H2;1-3H,4-5H2/t8-;/m0./s1. The minimum atomic E-state index is -4.71. The third-order valence-corrected chi connectivity index (χ3v) is 4.68. The van der Waals surface area contributed by atoms with E-state index < -0.39 is 18.8 Å². The van der Waals surface area contributed by atoms with Gasteiger partial charge in [-0.1, -0.05) is 24.3 Å². The lowest BCUT2D eigenvalue weighted by Crippen LogP contribution is -2.18. The number of carbonyl (C=O) groups is 1. The van der Waals surface area contributed by atoms with E-state index in [1.54, 1.807) is 6.07 Å². The number of halogens is 6. The highest BCUT2D eigenvalue weighted by Gasteiger charge is 2.35. The van der Waals surface area contributed by atoms with Crippen LogP contribution in [0.3, 0.4) is 0 Å². The van der Waals surface area contributed by atoms with Crippen molar-refractivity contribution in [3.8, 4) is 11.5 Å². The summed E-state index contributed by atoms with van der Waals surface area (Å²) in [6.07, 6.45) is -8.61. The second-order valence-electron chi connectivity index (χ2n) is 6.68. The summed E-state index contributed by atoms with van der Waals surface area (Å²) in [6.45, 7) is 0. The molecular weight excluding hydrogens is 418 g/mol. The van der Waals surface area contributed by atoms with Crippen molar-refractivity contribution in [2.75, 3.05) is 0 Å². The van der Waals surface area contributed by atoms with Gasteiger partial charge in [0.1, 0.15) is 11.5 Å². The number of ether oxygens (including phenoxy) is 2. The molecule has 1 atom stereocenters. The molecule has 2 aliphatic carbocycles. The molecule has 0 fully saturated rings. The smallest absolute Gasteiger partial charge is 0.405 e. The molecule has 0 amide bonds. The van der Waals surface area contributed by atoms with Gasteiger partial charge in [0.2, 0.25) is 0 Å². The molecule has 0 aromatic heterocycles. The highest BCUT2D eigenvalue weighted by atomic mass is 19.4. The lowest BCUT2D eigenvalue weighted by atomic mass is 10.1. The quantitative estimate of drug-likeness (QED) is 0.654. The normalized spacial score (nSPS) is 17.7. The van der Waals surface area contributed by atoms with E-state index in [0.717, 1.165) is 0 Å². The number of benzene rings is 2. The van der Waals surface area contributed by atoms with Gasteiger partial charge in [0.25, 0.3) is 0 Å². The maximum atomic E-state index is 12.0. The van der Waals surface area contributed by atoms with Gasteiger partial charge in [-0.05, 0) is 37.0 Å². The van der Waals surface area contributed by atoms with Crippen LogP contribution in [-0.4, -0.2) is 23.6 Å². The number of Topliss-reactive ketones (excluding diaryl/α,β-unsaturated/α-hetero) is 1. The molecule has 0 spiro atoms. The molecule has 2 aromatic carbocycles. The number of rotatable bonds is 2. The minimum absolute atomic E-state index is 0.127. The van der Waals surface area contributed by atoms with Gasteiger partial charge in [-0.15, -0.1) is 26.3 Å². The molecule has 2 aliphatic rings. The molecule has 0 saturated heterocycles. The van der Waals surface area contributed by atoms with E-state index in [2.05, 4.69) is 9.47 Å². The second kappa shape index (κ2) is 8.17. The number of hydrogen-bond acceptors (Lipinski definition) is 4. The Morgan fingerprint density at radius 1 is 0.800 bits per heavy atom. The SMILES string of the molecule is O=C1CCc2c(OC(F)(F)F)cccc21.O[C@H]1CCc2c(OC(F)(F)F)cccc21. The highest BCUT2D eigenvalue weighted by molar-refractivity contribution is 6.01. The van der Waals surface area contributed by atoms with Gasteiger partial charge < -0.3 is 14.6 Å². The maximum absolute atomic E-state index is 12.0. The molecule has 162 valence electrons. The average Bonchev–Trinajstić information content (AvgIpc) is 3.18. The molecule has 30 heavy (non-hydrogen) atoms. The number of carbonyl (C=O) groups excluding carboxylic acids is 1. The first kappa shape index (κ1) is 21.9. The molecular formula is C20H16F6O4. The molecule has 0 heterocycles. The van der Waals surface area contributed by atoms with Crippen molar-refractivity contribution < 1.29 is 45.7 Å². The number of aliphatic hydroxyl groups is 1. The van der Waals surface area contributed by atoms with Crippen molar-refractivity contribution in [3.05, 3.63) is 58.7 Å². The first-order valence-corrected chi connectivity index (χ1v) is 8.91. The summed E-state index contributed by atoms with van der Waals surface area (Å²) in [4.78, 5) is 11.2. The molecule has 4 rings (SSSR count).